The van der Waals surface area contributed by atoms with Crippen LogP contribution in [0.25, 0.3) is 0 Å². The molecule has 0 spiro atoms. The van der Waals surface area contributed by atoms with Gasteiger partial charge in [0.1, 0.15) is 5.75 Å². The van der Waals surface area contributed by atoms with E-state index in [1.165, 1.54) is 17.0 Å². The molecule has 7 heteroatoms. The van der Waals surface area contributed by atoms with Gasteiger partial charge in [0.15, 0.2) is 0 Å². The van der Waals surface area contributed by atoms with Crippen LogP contribution in [-0.4, -0.2) is 35.5 Å². The summed E-state index contributed by atoms with van der Waals surface area (Å²) in [5.74, 6) is -1.27. The van der Waals surface area contributed by atoms with Crippen LogP contribution in [0.2, 0.25) is 0 Å². The zero-order valence-electron chi connectivity index (χ0n) is 10.9. The van der Waals surface area contributed by atoms with Gasteiger partial charge in [0.25, 0.3) is 0 Å². The SMILES string of the molecule is CN(Cc1ccc(OC(F)F)cc1)C(=O)CCC(=O)O. The highest BCUT2D eigenvalue weighted by Gasteiger charge is 2.11. The fourth-order valence-electron chi connectivity index (χ4n) is 1.54. The van der Waals surface area contributed by atoms with Gasteiger partial charge >= 0.3 is 12.6 Å². The first kappa shape index (κ1) is 15.9. The van der Waals surface area contributed by atoms with Gasteiger partial charge in [-0.2, -0.15) is 8.78 Å². The molecule has 0 aromatic heterocycles. The number of benzene rings is 1. The highest BCUT2D eigenvalue weighted by Crippen LogP contribution is 2.16. The Morgan fingerprint density at radius 3 is 2.35 bits per heavy atom. The standard InChI is InChI=1S/C13H15F2NO4/c1-16(11(17)6-7-12(18)19)8-9-2-4-10(5-3-9)20-13(14)15/h2-5,13H,6-8H2,1H3,(H,18,19). The number of hydrogen-bond acceptors (Lipinski definition) is 3. The van der Waals surface area contributed by atoms with Crippen LogP contribution in [0.15, 0.2) is 24.3 Å². The molecule has 0 heterocycles. The summed E-state index contributed by atoms with van der Waals surface area (Å²) in [5, 5.41) is 8.49. The van der Waals surface area contributed by atoms with Crippen LogP contribution in [0, 0.1) is 0 Å². The van der Waals surface area contributed by atoms with Gasteiger partial charge < -0.3 is 14.7 Å². The van der Waals surface area contributed by atoms with Gasteiger partial charge in [-0.3, -0.25) is 9.59 Å². The van der Waals surface area contributed by atoms with Gasteiger partial charge in [0.2, 0.25) is 5.91 Å². The zero-order chi connectivity index (χ0) is 15.1. The molecule has 0 aliphatic carbocycles. The molecule has 1 N–H and O–H groups in total. The van der Waals surface area contributed by atoms with E-state index >= 15 is 0 Å². The zero-order valence-corrected chi connectivity index (χ0v) is 10.9. The minimum Gasteiger partial charge on any atom is -0.481 e. The Hall–Kier alpha value is -2.18. The maximum Gasteiger partial charge on any atom is 0.387 e. The quantitative estimate of drug-likeness (QED) is 0.834. The molecule has 0 fully saturated rings. The van der Waals surface area contributed by atoms with Crippen LogP contribution in [0.5, 0.6) is 5.75 Å². The van der Waals surface area contributed by atoms with Gasteiger partial charge in [-0.05, 0) is 17.7 Å². The van der Waals surface area contributed by atoms with Gasteiger partial charge in [-0.15, -0.1) is 0 Å². The Morgan fingerprint density at radius 2 is 1.85 bits per heavy atom. The lowest BCUT2D eigenvalue weighted by molar-refractivity contribution is -0.140. The number of carboxylic acids is 1. The number of carboxylic acid groups (broad SMARTS) is 1. The van der Waals surface area contributed by atoms with Crippen molar-refractivity contribution < 1.29 is 28.2 Å². The average molecular weight is 287 g/mol. The van der Waals surface area contributed by atoms with Gasteiger partial charge in [-0.1, -0.05) is 12.1 Å². The minimum atomic E-state index is -2.87. The van der Waals surface area contributed by atoms with E-state index in [-0.39, 0.29) is 31.0 Å². The molecular formula is C13H15F2NO4. The van der Waals surface area contributed by atoms with Crippen molar-refractivity contribution in [2.24, 2.45) is 0 Å². The predicted molar refractivity (Wildman–Crippen MR) is 66.4 cm³/mol. The molecule has 0 bridgehead atoms. The molecule has 0 radical (unpaired) electrons. The van der Waals surface area contributed by atoms with E-state index in [2.05, 4.69) is 4.74 Å². The molecule has 0 aliphatic rings. The molecule has 110 valence electrons. The second kappa shape index (κ2) is 7.42. The van der Waals surface area contributed by atoms with E-state index in [0.717, 1.165) is 5.56 Å². The number of halogens is 2. The Bertz CT molecular complexity index is 462. The Labute approximate surface area is 114 Å². The Kier molecular flexibility index (Phi) is 5.89. The Morgan fingerprint density at radius 1 is 1.25 bits per heavy atom. The van der Waals surface area contributed by atoms with Crippen LogP contribution < -0.4 is 4.74 Å². The lowest BCUT2D eigenvalue weighted by atomic mass is 10.2. The molecular weight excluding hydrogens is 272 g/mol. The summed E-state index contributed by atoms with van der Waals surface area (Å²) in [6, 6.07) is 5.91. The number of ether oxygens (including phenoxy) is 1. The van der Waals surface area contributed by atoms with Crippen molar-refractivity contribution >= 4 is 11.9 Å². The third-order valence-electron chi connectivity index (χ3n) is 2.55. The van der Waals surface area contributed by atoms with Crippen LogP contribution >= 0.6 is 0 Å². The van der Waals surface area contributed by atoms with E-state index in [4.69, 9.17) is 5.11 Å². The van der Waals surface area contributed by atoms with Gasteiger partial charge in [-0.25, -0.2) is 0 Å². The maximum absolute atomic E-state index is 12.0. The third kappa shape index (κ3) is 5.64. The summed E-state index contributed by atoms with van der Waals surface area (Å²) < 4.78 is 28.1. The summed E-state index contributed by atoms with van der Waals surface area (Å²) in [6.45, 7) is -2.60. The maximum atomic E-state index is 12.0. The molecule has 0 saturated carbocycles. The molecule has 20 heavy (non-hydrogen) atoms. The van der Waals surface area contributed by atoms with E-state index in [0.29, 0.717) is 0 Å². The highest BCUT2D eigenvalue weighted by atomic mass is 19.3. The molecule has 1 aromatic carbocycles. The number of alkyl halides is 2. The van der Waals surface area contributed by atoms with Crippen LogP contribution in [0.4, 0.5) is 8.78 Å². The molecule has 0 saturated heterocycles. The number of carbonyl (C=O) groups is 2. The molecule has 5 nitrogen and oxygen atoms in total. The van der Waals surface area contributed by atoms with Crippen molar-refractivity contribution in [3.63, 3.8) is 0 Å². The first-order chi connectivity index (χ1) is 9.38. The largest absolute Gasteiger partial charge is 0.481 e. The molecule has 1 amide bonds. The normalized spacial score (nSPS) is 10.4. The summed E-state index contributed by atoms with van der Waals surface area (Å²) in [6.07, 6.45) is -0.289. The second-order valence-corrected chi connectivity index (χ2v) is 4.17. The molecule has 0 unspecified atom stereocenters. The summed E-state index contributed by atoms with van der Waals surface area (Å²) >= 11 is 0. The second-order valence-electron chi connectivity index (χ2n) is 4.17. The van der Waals surface area contributed by atoms with Crippen molar-refractivity contribution in [1.29, 1.82) is 0 Å². The number of rotatable bonds is 7. The molecule has 0 atom stereocenters. The number of hydrogen-bond donors (Lipinski definition) is 1. The summed E-state index contributed by atoms with van der Waals surface area (Å²) in [5.41, 5.74) is 0.734. The monoisotopic (exact) mass is 287 g/mol. The fraction of sp³-hybridized carbons (Fsp3) is 0.385. The summed E-state index contributed by atoms with van der Waals surface area (Å²) in [7, 11) is 1.55. The molecule has 1 rings (SSSR count). The lowest BCUT2D eigenvalue weighted by Crippen LogP contribution is -2.26. The first-order valence-corrected chi connectivity index (χ1v) is 5.88. The predicted octanol–water partition coefficient (Wildman–Crippen LogP) is 2.11. The Balaban J connectivity index is 2.51. The van der Waals surface area contributed by atoms with E-state index in [1.807, 2.05) is 0 Å². The van der Waals surface area contributed by atoms with Crippen LogP contribution in [0.3, 0.4) is 0 Å². The molecule has 1 aromatic rings. The smallest absolute Gasteiger partial charge is 0.387 e. The van der Waals surface area contributed by atoms with Gasteiger partial charge in [0, 0.05) is 20.0 Å². The minimum absolute atomic E-state index is 0.0450. The van der Waals surface area contributed by atoms with Crippen molar-refractivity contribution in [3.05, 3.63) is 29.8 Å². The third-order valence-corrected chi connectivity index (χ3v) is 2.55. The van der Waals surface area contributed by atoms with Crippen molar-refractivity contribution in [1.82, 2.24) is 4.90 Å². The van der Waals surface area contributed by atoms with Crippen molar-refractivity contribution in [2.75, 3.05) is 7.05 Å². The first-order valence-electron chi connectivity index (χ1n) is 5.88. The average Bonchev–Trinajstić information content (AvgIpc) is 2.37. The van der Waals surface area contributed by atoms with Crippen molar-refractivity contribution in [3.8, 4) is 5.75 Å². The summed E-state index contributed by atoms with van der Waals surface area (Å²) in [4.78, 5) is 23.3. The van der Waals surface area contributed by atoms with E-state index in [9.17, 15) is 18.4 Å². The fourth-order valence-corrected chi connectivity index (χ4v) is 1.54. The number of amides is 1. The number of carbonyl (C=O) groups excluding carboxylic acids is 1. The number of nitrogens with zero attached hydrogens (tertiary/aromatic N) is 1. The van der Waals surface area contributed by atoms with Crippen LogP contribution in [-0.2, 0) is 16.1 Å². The van der Waals surface area contributed by atoms with Crippen LogP contribution in [0.1, 0.15) is 18.4 Å². The van der Waals surface area contributed by atoms with E-state index < -0.39 is 12.6 Å². The highest BCUT2D eigenvalue weighted by molar-refractivity contribution is 5.80. The number of aliphatic carboxylic acids is 1. The van der Waals surface area contributed by atoms with Crippen molar-refractivity contribution in [2.45, 2.75) is 26.0 Å². The lowest BCUT2D eigenvalue weighted by Gasteiger charge is -2.17. The molecule has 0 aliphatic heterocycles. The van der Waals surface area contributed by atoms with Gasteiger partial charge in [0.05, 0.1) is 6.42 Å². The van der Waals surface area contributed by atoms with E-state index in [1.54, 1.807) is 19.2 Å². The topological polar surface area (TPSA) is 66.8 Å².